The van der Waals surface area contributed by atoms with Crippen molar-refractivity contribution in [3.8, 4) is 11.6 Å². The van der Waals surface area contributed by atoms with Crippen molar-refractivity contribution in [3.05, 3.63) is 38.5 Å². The zero-order valence-corrected chi connectivity index (χ0v) is 12.8. The Bertz CT molecular complexity index is 582. The van der Waals surface area contributed by atoms with Gasteiger partial charge in [-0.25, -0.2) is 15.8 Å². The van der Waals surface area contributed by atoms with Crippen LogP contribution in [-0.4, -0.2) is 9.97 Å². The van der Waals surface area contributed by atoms with Crippen molar-refractivity contribution < 1.29 is 4.74 Å². The van der Waals surface area contributed by atoms with E-state index in [4.69, 9.17) is 22.2 Å². The van der Waals surface area contributed by atoms with Gasteiger partial charge < -0.3 is 10.2 Å². The van der Waals surface area contributed by atoms with E-state index in [1.807, 2.05) is 6.07 Å². The van der Waals surface area contributed by atoms with Gasteiger partial charge in [-0.3, -0.25) is 0 Å². The van der Waals surface area contributed by atoms with E-state index in [1.54, 1.807) is 12.1 Å². The maximum Gasteiger partial charge on any atom is 0.239 e. The van der Waals surface area contributed by atoms with Crippen molar-refractivity contribution in [3.63, 3.8) is 0 Å². The van der Waals surface area contributed by atoms with Gasteiger partial charge in [-0.15, -0.1) is 0 Å². The predicted octanol–water partition coefficient (Wildman–Crippen LogP) is 3.73. The number of nitrogen functional groups attached to an aromatic ring is 1. The van der Waals surface area contributed by atoms with E-state index in [-0.39, 0.29) is 0 Å². The van der Waals surface area contributed by atoms with E-state index in [9.17, 15) is 0 Å². The van der Waals surface area contributed by atoms with Crippen LogP contribution in [0.25, 0.3) is 0 Å². The maximum atomic E-state index is 6.03. The van der Waals surface area contributed by atoms with E-state index in [0.717, 1.165) is 4.47 Å². The zero-order chi connectivity index (χ0) is 13.1. The van der Waals surface area contributed by atoms with Crippen molar-refractivity contribution >= 4 is 49.3 Å². The second-order valence-corrected chi connectivity index (χ2v) is 5.28. The van der Waals surface area contributed by atoms with Gasteiger partial charge in [0, 0.05) is 4.47 Å². The van der Waals surface area contributed by atoms with Gasteiger partial charge in [0.25, 0.3) is 0 Å². The number of benzene rings is 1. The van der Waals surface area contributed by atoms with Crippen LogP contribution in [-0.2, 0) is 0 Å². The second-order valence-electron chi connectivity index (χ2n) is 3.16. The van der Waals surface area contributed by atoms with Gasteiger partial charge in [0.15, 0.2) is 5.82 Å². The third kappa shape index (κ3) is 2.92. The predicted molar refractivity (Wildman–Crippen MR) is 76.8 cm³/mol. The Hall–Kier alpha value is -0.890. The Morgan fingerprint density at radius 3 is 2.78 bits per heavy atom. The Kier molecular flexibility index (Phi) is 4.39. The lowest BCUT2D eigenvalue weighted by atomic mass is 10.3. The summed E-state index contributed by atoms with van der Waals surface area (Å²) in [6.07, 6.45) is 1.33. The van der Waals surface area contributed by atoms with E-state index in [2.05, 4.69) is 47.3 Å². The second kappa shape index (κ2) is 5.83. The normalized spacial score (nSPS) is 10.2. The Balaban J connectivity index is 2.37. The van der Waals surface area contributed by atoms with E-state index in [0.29, 0.717) is 26.9 Å². The number of hydrogen-bond acceptors (Lipinski definition) is 5. The molecule has 0 amide bonds. The first-order valence-corrected chi connectivity index (χ1v) is 6.68. The third-order valence-corrected chi connectivity index (χ3v) is 3.51. The van der Waals surface area contributed by atoms with Gasteiger partial charge in [-0.1, -0.05) is 27.5 Å². The molecule has 1 aromatic carbocycles. The molecule has 8 heteroatoms. The zero-order valence-electron chi connectivity index (χ0n) is 8.82. The molecule has 94 valence electrons. The highest BCUT2D eigenvalue weighted by atomic mass is 79.9. The molecule has 0 spiro atoms. The number of nitrogens with two attached hydrogens (primary N) is 1. The van der Waals surface area contributed by atoms with Gasteiger partial charge in [-0.2, -0.15) is 0 Å². The SMILES string of the molecule is NNc1ncnc(Oc2cc(Br)ccc2Cl)c1Br. The molecule has 1 heterocycles. The number of ether oxygens (including phenoxy) is 1. The highest BCUT2D eigenvalue weighted by molar-refractivity contribution is 9.11. The van der Waals surface area contributed by atoms with E-state index < -0.39 is 0 Å². The Labute approximate surface area is 125 Å². The molecule has 1 aromatic heterocycles. The lowest BCUT2D eigenvalue weighted by Gasteiger charge is -2.10. The molecule has 0 unspecified atom stereocenters. The summed E-state index contributed by atoms with van der Waals surface area (Å²) < 4.78 is 6.98. The van der Waals surface area contributed by atoms with Crippen LogP contribution in [0.3, 0.4) is 0 Å². The van der Waals surface area contributed by atoms with E-state index in [1.165, 1.54) is 6.33 Å². The summed E-state index contributed by atoms with van der Waals surface area (Å²) in [4.78, 5) is 7.93. The summed E-state index contributed by atoms with van der Waals surface area (Å²) in [6.45, 7) is 0. The molecule has 0 atom stereocenters. The lowest BCUT2D eigenvalue weighted by molar-refractivity contribution is 0.458. The fraction of sp³-hybridized carbons (Fsp3) is 0. The molecule has 0 radical (unpaired) electrons. The number of hydrazine groups is 1. The Morgan fingerprint density at radius 2 is 2.06 bits per heavy atom. The van der Waals surface area contributed by atoms with Crippen LogP contribution in [0.15, 0.2) is 33.5 Å². The van der Waals surface area contributed by atoms with Crippen molar-refractivity contribution in [2.24, 2.45) is 5.84 Å². The summed E-state index contributed by atoms with van der Waals surface area (Å²) in [5.74, 6) is 6.53. The molecule has 2 rings (SSSR count). The molecule has 18 heavy (non-hydrogen) atoms. The molecular formula is C10H7Br2ClN4O. The highest BCUT2D eigenvalue weighted by Gasteiger charge is 2.12. The van der Waals surface area contributed by atoms with Crippen molar-refractivity contribution in [1.82, 2.24) is 9.97 Å². The first-order valence-electron chi connectivity index (χ1n) is 4.72. The van der Waals surface area contributed by atoms with Gasteiger partial charge in [0.05, 0.1) is 5.02 Å². The van der Waals surface area contributed by atoms with Crippen LogP contribution in [0.2, 0.25) is 5.02 Å². The van der Waals surface area contributed by atoms with Gasteiger partial charge in [0.1, 0.15) is 16.5 Å². The minimum Gasteiger partial charge on any atom is -0.436 e. The van der Waals surface area contributed by atoms with Gasteiger partial charge in [0.2, 0.25) is 5.88 Å². The minimum atomic E-state index is 0.318. The van der Waals surface area contributed by atoms with Crippen molar-refractivity contribution in [2.45, 2.75) is 0 Å². The molecule has 0 aliphatic heterocycles. The minimum absolute atomic E-state index is 0.318. The topological polar surface area (TPSA) is 73.1 Å². The summed E-state index contributed by atoms with van der Waals surface area (Å²) in [6, 6.07) is 5.28. The quantitative estimate of drug-likeness (QED) is 0.613. The molecule has 2 aromatic rings. The van der Waals surface area contributed by atoms with Gasteiger partial charge >= 0.3 is 0 Å². The van der Waals surface area contributed by atoms with Crippen LogP contribution in [0, 0.1) is 0 Å². The van der Waals surface area contributed by atoms with Crippen LogP contribution < -0.4 is 16.0 Å². The number of nitrogens with zero attached hydrogens (tertiary/aromatic N) is 2. The summed E-state index contributed by atoms with van der Waals surface area (Å²) in [5, 5.41) is 0.478. The lowest BCUT2D eigenvalue weighted by Crippen LogP contribution is -2.09. The van der Waals surface area contributed by atoms with Crippen LogP contribution in [0.5, 0.6) is 11.6 Å². The fourth-order valence-corrected chi connectivity index (χ4v) is 2.08. The summed E-state index contributed by atoms with van der Waals surface area (Å²) in [7, 11) is 0. The van der Waals surface area contributed by atoms with Crippen LogP contribution in [0.4, 0.5) is 5.82 Å². The number of anilines is 1. The van der Waals surface area contributed by atoms with Crippen LogP contribution >= 0.6 is 43.5 Å². The van der Waals surface area contributed by atoms with Gasteiger partial charge in [-0.05, 0) is 34.1 Å². The summed E-state index contributed by atoms with van der Waals surface area (Å²) in [5.41, 5.74) is 2.43. The first kappa shape index (κ1) is 13.5. The highest BCUT2D eigenvalue weighted by Crippen LogP contribution is 2.35. The maximum absolute atomic E-state index is 6.03. The average molecular weight is 394 g/mol. The van der Waals surface area contributed by atoms with Crippen molar-refractivity contribution in [2.75, 3.05) is 5.43 Å². The number of nitrogens with one attached hydrogen (secondary N) is 1. The average Bonchev–Trinajstić information content (AvgIpc) is 2.36. The number of rotatable bonds is 3. The Morgan fingerprint density at radius 1 is 1.28 bits per heavy atom. The van der Waals surface area contributed by atoms with E-state index >= 15 is 0 Å². The molecule has 0 fully saturated rings. The number of halogens is 3. The smallest absolute Gasteiger partial charge is 0.239 e. The summed E-state index contributed by atoms with van der Waals surface area (Å²) >= 11 is 12.7. The van der Waals surface area contributed by atoms with Crippen LogP contribution in [0.1, 0.15) is 0 Å². The number of aromatic nitrogens is 2. The standard InChI is InChI=1S/C10H7Br2ClN4O/c11-5-1-2-6(13)7(3-5)18-10-8(12)9(17-14)15-4-16-10/h1-4H,14H2,(H,15,16,17). The monoisotopic (exact) mass is 392 g/mol. The molecular weight excluding hydrogens is 387 g/mol. The third-order valence-electron chi connectivity index (χ3n) is 1.99. The molecule has 0 aliphatic rings. The fourth-order valence-electron chi connectivity index (χ4n) is 1.19. The van der Waals surface area contributed by atoms with Crippen molar-refractivity contribution in [1.29, 1.82) is 0 Å². The molecule has 3 N–H and O–H groups in total. The molecule has 0 bridgehead atoms. The number of hydrogen-bond donors (Lipinski definition) is 2. The molecule has 0 saturated heterocycles. The molecule has 0 aliphatic carbocycles. The molecule has 5 nitrogen and oxygen atoms in total. The first-order chi connectivity index (χ1) is 8.61. The molecule has 0 saturated carbocycles. The largest absolute Gasteiger partial charge is 0.436 e.